The van der Waals surface area contributed by atoms with Gasteiger partial charge in [-0.05, 0) is 171 Å². The SMILES string of the molecule is CCC(=O)N(C)c1ccc(-c2ccc(C(=O)CCc3ccc(C)nc3)cn2)cc1Cl.CCC(=O)N(C)c1ccc(-c2ccc(C(=O)CCc3ccc(Cl)nc3)cn2)cc1Cl.CCC(=O)N(C)c1ccc(-c2ccc(C(=O)CCc3ccc(F)nc3)cn2)cc1Cl.CCC(=O)N(C)c1ccc(-c2ccc(C(=O)CCc3cccnc3OC)cn2)cc1Cl. The number of Topliss-reactive ketones (excluding diaryl/α,β-unsaturated/α-hetero) is 4. The largest absolute Gasteiger partial charge is 0.481 e. The molecular formula is C94H90Cl5FN12O9. The maximum Gasteiger partial charge on any atom is 0.226 e. The number of methoxy groups -OCH3 is 1. The Bertz CT molecular complexity index is 5210. The van der Waals surface area contributed by atoms with Crippen molar-refractivity contribution in [1.82, 2.24) is 39.9 Å². The zero-order valence-electron chi connectivity index (χ0n) is 68.6. The van der Waals surface area contributed by atoms with Crippen LogP contribution in [0.5, 0.6) is 5.88 Å². The highest BCUT2D eigenvalue weighted by atomic mass is 35.5. The summed E-state index contributed by atoms with van der Waals surface area (Å²) in [6.07, 6.45) is 18.1. The molecule has 0 N–H and O–H groups in total. The summed E-state index contributed by atoms with van der Waals surface area (Å²) in [4.78, 5) is 137. The van der Waals surface area contributed by atoms with Crippen molar-refractivity contribution in [2.45, 2.75) is 112 Å². The molecule has 4 amide bonds. The first-order chi connectivity index (χ1) is 58.1. The molecule has 8 aromatic heterocycles. The molecule has 0 unspecified atom stereocenters. The number of carbonyl (C=O) groups is 8. The summed E-state index contributed by atoms with van der Waals surface area (Å²) in [5, 5.41) is 2.29. The number of aryl methyl sites for hydroxylation is 5. The molecule has 0 bridgehead atoms. The molecule has 0 fully saturated rings. The molecule has 27 heteroatoms. The van der Waals surface area contributed by atoms with Crippen molar-refractivity contribution in [2.75, 3.05) is 54.9 Å². The number of benzene rings is 4. The Kier molecular flexibility index (Phi) is 34.7. The number of pyridine rings is 8. The minimum Gasteiger partial charge on any atom is -0.481 e. The molecule has 0 aliphatic heterocycles. The molecule has 0 spiro atoms. The van der Waals surface area contributed by atoms with Crippen LogP contribution in [0.15, 0.2) is 219 Å². The number of nitrogens with zero attached hydrogens (tertiary/aromatic N) is 12. The number of hydrogen-bond acceptors (Lipinski definition) is 17. The molecule has 0 saturated carbocycles. The lowest BCUT2D eigenvalue weighted by Gasteiger charge is -2.18. The first-order valence-corrected chi connectivity index (χ1v) is 40.8. The molecule has 0 saturated heterocycles. The summed E-state index contributed by atoms with van der Waals surface area (Å²) in [5.74, 6) is -0.0602. The number of amides is 4. The van der Waals surface area contributed by atoms with E-state index in [2.05, 4.69) is 39.9 Å². The standard InChI is InChI=1S/C24H24ClN3O3.C24H24ClN3O2.C23H21Cl2N3O2.C23H21ClFN3O2/c1-4-23(30)28(2)21-11-8-17(14-19(21)25)20-10-7-18(15-27-20)22(29)12-9-16-6-5-13-26-24(16)31-3;1-4-24(30)28(3)22-11-9-18(13-20(22)25)21-10-8-19(15-27-21)23(29)12-7-17-6-5-16(2)26-14-17;2*1-3-23(30)28(2)20-9-7-16(12-18(20)24)19-8-6-17(14-26-19)21(29)10-4-15-5-11-22(25)27-13-15/h5-8,10-11,13-15H,4,9,12H2,1-3H3;5-6,8-11,13-15H,4,7,12H2,1-3H3;2*5-9,11-14H,3-4,10H2,1-2H3. The number of ketones is 4. The van der Waals surface area contributed by atoms with Crippen molar-refractivity contribution in [3.8, 4) is 50.9 Å². The molecule has 0 atom stereocenters. The monoisotopic (exact) mass is 1720 g/mol. The minimum atomic E-state index is -0.540. The van der Waals surface area contributed by atoms with E-state index in [0.29, 0.717) is 170 Å². The second-order valence-electron chi connectivity index (χ2n) is 27.8. The first kappa shape index (κ1) is 92.7. The average molecular weight is 1730 g/mol. The van der Waals surface area contributed by atoms with Gasteiger partial charge in [0.2, 0.25) is 35.5 Å². The Morgan fingerprint density at radius 3 is 0.926 bits per heavy atom. The molecule has 4 aromatic carbocycles. The van der Waals surface area contributed by atoms with Gasteiger partial charge < -0.3 is 24.3 Å². The predicted molar refractivity (Wildman–Crippen MR) is 477 cm³/mol. The number of halogens is 6. The fourth-order valence-corrected chi connectivity index (χ4v) is 13.7. The highest BCUT2D eigenvalue weighted by Crippen LogP contribution is 2.36. The van der Waals surface area contributed by atoms with E-state index in [4.69, 9.17) is 62.7 Å². The fourth-order valence-electron chi connectivity index (χ4n) is 12.3. The number of ether oxygens (including phenoxy) is 1. The number of carbonyl (C=O) groups excluding carboxylic acids is 8. The van der Waals surface area contributed by atoms with E-state index in [1.807, 2.05) is 86.8 Å². The van der Waals surface area contributed by atoms with E-state index in [1.54, 1.807) is 194 Å². The van der Waals surface area contributed by atoms with Crippen molar-refractivity contribution in [2.24, 2.45) is 0 Å². The summed E-state index contributed by atoms with van der Waals surface area (Å²) >= 11 is 31.3. The van der Waals surface area contributed by atoms with Gasteiger partial charge in [-0.3, -0.25) is 63.3 Å². The quantitative estimate of drug-likeness (QED) is 0.0311. The molecule has 121 heavy (non-hydrogen) atoms. The van der Waals surface area contributed by atoms with Gasteiger partial charge in [0.15, 0.2) is 23.1 Å². The maximum atomic E-state index is 12.9. The van der Waals surface area contributed by atoms with Crippen LogP contribution >= 0.6 is 58.0 Å². The van der Waals surface area contributed by atoms with Gasteiger partial charge in [-0.1, -0.05) is 134 Å². The number of rotatable bonds is 29. The van der Waals surface area contributed by atoms with E-state index in [0.717, 1.165) is 50.2 Å². The molecule has 0 aliphatic rings. The van der Waals surface area contributed by atoms with Crippen LogP contribution in [0.25, 0.3) is 45.0 Å². The Hall–Kier alpha value is -12.2. The highest BCUT2D eigenvalue weighted by Gasteiger charge is 2.21. The van der Waals surface area contributed by atoms with Gasteiger partial charge in [-0.25, -0.2) is 15.0 Å². The van der Waals surface area contributed by atoms with Gasteiger partial charge in [0.1, 0.15) is 5.15 Å². The van der Waals surface area contributed by atoms with E-state index in [9.17, 15) is 42.7 Å². The molecule has 0 radical (unpaired) electrons. The molecule has 21 nitrogen and oxygen atoms in total. The Balaban J connectivity index is 0.000000183. The second-order valence-corrected chi connectivity index (χ2v) is 29.8. The van der Waals surface area contributed by atoms with Crippen molar-refractivity contribution >= 4 is 128 Å². The third kappa shape index (κ3) is 26.2. The summed E-state index contributed by atoms with van der Waals surface area (Å²) in [7, 11) is 8.36. The average Bonchev–Trinajstić information content (AvgIpc) is 0.828. The van der Waals surface area contributed by atoms with Crippen molar-refractivity contribution in [3.05, 3.63) is 301 Å². The number of hydrogen-bond donors (Lipinski definition) is 0. The van der Waals surface area contributed by atoms with Gasteiger partial charge in [-0.2, -0.15) is 4.39 Å². The smallest absolute Gasteiger partial charge is 0.226 e. The molecular weight excluding hydrogens is 1640 g/mol. The lowest BCUT2D eigenvalue weighted by Crippen LogP contribution is -2.25. The summed E-state index contributed by atoms with van der Waals surface area (Å²) in [6, 6.07) is 50.0. The normalized spacial score (nSPS) is 10.6. The van der Waals surface area contributed by atoms with Crippen LogP contribution in [0.4, 0.5) is 27.1 Å². The number of aromatic nitrogens is 8. The van der Waals surface area contributed by atoms with Gasteiger partial charge >= 0.3 is 0 Å². The third-order valence-electron chi connectivity index (χ3n) is 19.6. The second kappa shape index (κ2) is 45.3. The molecule has 622 valence electrons. The molecule has 12 rings (SSSR count). The maximum absolute atomic E-state index is 12.9. The first-order valence-electron chi connectivity index (χ1n) is 38.9. The van der Waals surface area contributed by atoms with Crippen LogP contribution in [-0.2, 0) is 44.9 Å². The summed E-state index contributed by atoms with van der Waals surface area (Å²) in [5.41, 5.74) is 15.4. The lowest BCUT2D eigenvalue weighted by molar-refractivity contribution is -0.118. The fraction of sp³-hybridized carbons (Fsp3) is 0.234. The van der Waals surface area contributed by atoms with E-state index in [1.165, 1.54) is 28.3 Å². The minimum absolute atomic E-state index is 0.00182. The number of anilines is 4. The van der Waals surface area contributed by atoms with Gasteiger partial charge in [0, 0.05) is 185 Å². The Morgan fingerprint density at radius 2 is 0.661 bits per heavy atom. The van der Waals surface area contributed by atoms with Crippen molar-refractivity contribution in [3.63, 3.8) is 0 Å². The summed E-state index contributed by atoms with van der Waals surface area (Å²) in [6.45, 7) is 9.16. The molecule has 8 heterocycles. The van der Waals surface area contributed by atoms with Gasteiger partial charge in [-0.15, -0.1) is 0 Å². The predicted octanol–water partition coefficient (Wildman–Crippen LogP) is 21.1. The topological polar surface area (TPSA) is 262 Å². The van der Waals surface area contributed by atoms with Gasteiger partial charge in [0.25, 0.3) is 0 Å². The van der Waals surface area contributed by atoms with Crippen LogP contribution in [0.1, 0.15) is 148 Å². The van der Waals surface area contributed by atoms with Crippen molar-refractivity contribution in [1.29, 1.82) is 0 Å². The summed E-state index contributed by atoms with van der Waals surface area (Å²) < 4.78 is 18.1. The Labute approximate surface area is 728 Å². The van der Waals surface area contributed by atoms with E-state index in [-0.39, 0.29) is 53.2 Å². The van der Waals surface area contributed by atoms with Crippen LogP contribution < -0.4 is 24.3 Å². The van der Waals surface area contributed by atoms with Crippen LogP contribution in [0, 0.1) is 12.9 Å². The van der Waals surface area contributed by atoms with E-state index >= 15 is 0 Å². The van der Waals surface area contributed by atoms with Gasteiger partial charge in [0.05, 0.1) is 72.7 Å². The zero-order valence-corrected chi connectivity index (χ0v) is 72.4. The molecule has 12 aromatic rings. The lowest BCUT2D eigenvalue weighted by atomic mass is 10.0. The van der Waals surface area contributed by atoms with Crippen molar-refractivity contribution < 1.29 is 47.5 Å². The molecule has 0 aliphatic carbocycles. The Morgan fingerprint density at radius 1 is 0.347 bits per heavy atom. The zero-order chi connectivity index (χ0) is 87.4. The highest BCUT2D eigenvalue weighted by molar-refractivity contribution is 6.35. The van der Waals surface area contributed by atoms with Crippen LogP contribution in [0.3, 0.4) is 0 Å². The van der Waals surface area contributed by atoms with Crippen LogP contribution in [0.2, 0.25) is 25.2 Å². The third-order valence-corrected chi connectivity index (χ3v) is 21.0. The van der Waals surface area contributed by atoms with Crippen LogP contribution in [-0.4, -0.2) is 122 Å². The van der Waals surface area contributed by atoms with E-state index < -0.39 is 5.95 Å².